The van der Waals surface area contributed by atoms with Crippen molar-refractivity contribution in [2.24, 2.45) is 5.92 Å². The molecule has 1 aromatic carbocycles. The van der Waals surface area contributed by atoms with Gasteiger partial charge in [0.05, 0.1) is 20.8 Å². The molecule has 0 spiro atoms. The Labute approximate surface area is 179 Å². The number of nitrogens with one attached hydrogen (secondary N) is 1. The molecule has 6 nitrogen and oxygen atoms in total. The average Bonchev–Trinajstić information content (AvgIpc) is 3.07. The predicted octanol–water partition coefficient (Wildman–Crippen LogP) is 4.22. The van der Waals surface area contributed by atoms with Crippen LogP contribution >= 0.6 is 0 Å². The summed E-state index contributed by atoms with van der Waals surface area (Å²) < 4.78 is 16.5. The zero-order valence-electron chi connectivity index (χ0n) is 18.6. The van der Waals surface area contributed by atoms with E-state index in [2.05, 4.69) is 23.2 Å². The van der Waals surface area contributed by atoms with Crippen LogP contribution in [0.3, 0.4) is 0 Å². The summed E-state index contributed by atoms with van der Waals surface area (Å²) in [6.07, 6.45) is 3.83. The van der Waals surface area contributed by atoms with Crippen LogP contribution in [0, 0.1) is 19.8 Å². The minimum absolute atomic E-state index is 0.0854. The fourth-order valence-corrected chi connectivity index (χ4v) is 4.09. The summed E-state index contributed by atoms with van der Waals surface area (Å²) in [4.78, 5) is 14.8. The van der Waals surface area contributed by atoms with E-state index in [1.807, 2.05) is 25.1 Å². The van der Waals surface area contributed by atoms with Crippen LogP contribution < -0.4 is 14.8 Å². The Kier molecular flexibility index (Phi) is 7.80. The number of piperidine rings is 1. The highest BCUT2D eigenvalue weighted by atomic mass is 16.5. The van der Waals surface area contributed by atoms with Gasteiger partial charge in [-0.15, -0.1) is 0 Å². The van der Waals surface area contributed by atoms with Gasteiger partial charge in [0.25, 0.3) is 0 Å². The van der Waals surface area contributed by atoms with Gasteiger partial charge in [0.15, 0.2) is 0 Å². The van der Waals surface area contributed by atoms with Crippen LogP contribution in [0.2, 0.25) is 0 Å². The maximum atomic E-state index is 12.4. The van der Waals surface area contributed by atoms with Crippen LogP contribution in [0.4, 0.5) is 0 Å². The molecule has 30 heavy (non-hydrogen) atoms. The van der Waals surface area contributed by atoms with Crippen molar-refractivity contribution in [3.8, 4) is 11.5 Å². The van der Waals surface area contributed by atoms with E-state index in [0.29, 0.717) is 18.9 Å². The van der Waals surface area contributed by atoms with Crippen LogP contribution in [0.15, 0.2) is 28.7 Å². The van der Waals surface area contributed by atoms with Crippen molar-refractivity contribution in [2.75, 3.05) is 27.3 Å². The van der Waals surface area contributed by atoms with Gasteiger partial charge < -0.3 is 19.2 Å². The minimum atomic E-state index is 0.0854. The number of likely N-dealkylation sites (tertiary alicyclic amines) is 1. The van der Waals surface area contributed by atoms with E-state index in [0.717, 1.165) is 54.6 Å². The van der Waals surface area contributed by atoms with Gasteiger partial charge in [-0.3, -0.25) is 9.69 Å². The van der Waals surface area contributed by atoms with Gasteiger partial charge in [0.1, 0.15) is 23.0 Å². The molecule has 1 saturated heterocycles. The summed E-state index contributed by atoms with van der Waals surface area (Å²) in [7, 11) is 3.25. The third kappa shape index (κ3) is 6.02. The van der Waals surface area contributed by atoms with E-state index in [4.69, 9.17) is 13.9 Å². The number of furan rings is 1. The Morgan fingerprint density at radius 1 is 1.23 bits per heavy atom. The number of carbonyl (C=O) groups is 1. The molecule has 0 saturated carbocycles. The van der Waals surface area contributed by atoms with E-state index in [1.54, 1.807) is 14.2 Å². The summed E-state index contributed by atoms with van der Waals surface area (Å²) in [6, 6.07) is 7.78. The highest BCUT2D eigenvalue weighted by molar-refractivity contribution is 5.75. The molecule has 1 aromatic heterocycles. The Bertz CT molecular complexity index is 826. The predicted molar refractivity (Wildman–Crippen MR) is 117 cm³/mol. The van der Waals surface area contributed by atoms with Gasteiger partial charge in [0, 0.05) is 31.1 Å². The van der Waals surface area contributed by atoms with Gasteiger partial charge in [0.2, 0.25) is 5.91 Å². The van der Waals surface area contributed by atoms with Gasteiger partial charge in [-0.1, -0.05) is 0 Å². The SMILES string of the molecule is COc1ccc(CNC(=O)CC[C@@H]2CCCN(Cc3cc(C)c(C)o3)C2)c(OC)c1. The Morgan fingerprint density at radius 2 is 2.07 bits per heavy atom. The molecule has 2 heterocycles. The summed E-state index contributed by atoms with van der Waals surface area (Å²) in [5.74, 6) is 4.14. The van der Waals surface area contributed by atoms with Crippen LogP contribution in [0.5, 0.6) is 11.5 Å². The molecule has 164 valence electrons. The first kappa shape index (κ1) is 22.2. The highest BCUT2D eigenvalue weighted by Crippen LogP contribution is 2.25. The lowest BCUT2D eigenvalue weighted by Gasteiger charge is -2.32. The number of methoxy groups -OCH3 is 2. The molecule has 0 unspecified atom stereocenters. The molecule has 6 heteroatoms. The first-order valence-corrected chi connectivity index (χ1v) is 10.7. The van der Waals surface area contributed by atoms with Crippen LogP contribution in [-0.4, -0.2) is 38.1 Å². The number of carbonyl (C=O) groups excluding carboxylic acids is 1. The molecule has 1 amide bonds. The van der Waals surface area contributed by atoms with Crippen molar-refractivity contribution in [2.45, 2.75) is 52.6 Å². The lowest BCUT2D eigenvalue weighted by Crippen LogP contribution is -2.35. The van der Waals surface area contributed by atoms with Gasteiger partial charge >= 0.3 is 0 Å². The molecule has 1 aliphatic heterocycles. The van der Waals surface area contributed by atoms with Gasteiger partial charge in [-0.25, -0.2) is 0 Å². The average molecular weight is 415 g/mol. The number of rotatable bonds is 9. The third-order valence-corrected chi connectivity index (χ3v) is 5.95. The maximum absolute atomic E-state index is 12.4. The zero-order chi connectivity index (χ0) is 21.5. The fraction of sp³-hybridized carbons (Fsp3) is 0.542. The number of hydrogen-bond acceptors (Lipinski definition) is 5. The van der Waals surface area contributed by atoms with Crippen LogP contribution in [-0.2, 0) is 17.9 Å². The second-order valence-electron chi connectivity index (χ2n) is 8.19. The summed E-state index contributed by atoms with van der Waals surface area (Å²) in [6.45, 7) is 7.53. The van der Waals surface area contributed by atoms with Crippen molar-refractivity contribution in [3.63, 3.8) is 0 Å². The molecule has 0 aliphatic carbocycles. The molecule has 1 N–H and O–H groups in total. The normalized spacial score (nSPS) is 17.0. The molecule has 3 rings (SSSR count). The van der Waals surface area contributed by atoms with Crippen molar-refractivity contribution in [1.82, 2.24) is 10.2 Å². The molecule has 2 aromatic rings. The lowest BCUT2D eigenvalue weighted by molar-refractivity contribution is -0.121. The van der Waals surface area contributed by atoms with E-state index < -0.39 is 0 Å². The second kappa shape index (κ2) is 10.5. The number of benzene rings is 1. The van der Waals surface area contributed by atoms with Crippen molar-refractivity contribution in [3.05, 3.63) is 46.9 Å². The maximum Gasteiger partial charge on any atom is 0.220 e. The zero-order valence-corrected chi connectivity index (χ0v) is 18.6. The summed E-state index contributed by atoms with van der Waals surface area (Å²) in [5.41, 5.74) is 2.16. The number of nitrogens with zero attached hydrogens (tertiary/aromatic N) is 1. The van der Waals surface area contributed by atoms with E-state index in [1.165, 1.54) is 18.4 Å². The van der Waals surface area contributed by atoms with E-state index >= 15 is 0 Å². The standard InChI is InChI=1S/C24H34N2O4/c1-17-12-22(30-18(17)2)16-26-11-5-6-19(15-26)7-10-24(27)25-14-20-8-9-21(28-3)13-23(20)29-4/h8-9,12-13,19H,5-7,10-11,14-16H2,1-4H3,(H,25,27)/t19-/m0/s1. The second-order valence-corrected chi connectivity index (χ2v) is 8.19. The van der Waals surface area contributed by atoms with Crippen molar-refractivity contribution >= 4 is 5.91 Å². The van der Waals surface area contributed by atoms with E-state index in [9.17, 15) is 4.79 Å². The molecular weight excluding hydrogens is 380 g/mol. The lowest BCUT2D eigenvalue weighted by atomic mass is 9.93. The fourth-order valence-electron chi connectivity index (χ4n) is 4.09. The first-order chi connectivity index (χ1) is 14.5. The van der Waals surface area contributed by atoms with Crippen LogP contribution in [0.25, 0.3) is 0 Å². The molecule has 0 bridgehead atoms. The van der Waals surface area contributed by atoms with Gasteiger partial charge in [-0.2, -0.15) is 0 Å². The van der Waals surface area contributed by atoms with E-state index in [-0.39, 0.29) is 5.91 Å². The van der Waals surface area contributed by atoms with Crippen molar-refractivity contribution in [1.29, 1.82) is 0 Å². The summed E-state index contributed by atoms with van der Waals surface area (Å²) >= 11 is 0. The third-order valence-electron chi connectivity index (χ3n) is 5.95. The molecule has 1 atom stereocenters. The Hall–Kier alpha value is -2.47. The molecule has 1 aliphatic rings. The van der Waals surface area contributed by atoms with Gasteiger partial charge in [-0.05, 0) is 69.3 Å². The molecular formula is C24H34N2O4. The quantitative estimate of drug-likeness (QED) is 0.666. The number of amides is 1. The Morgan fingerprint density at radius 3 is 2.77 bits per heavy atom. The topological polar surface area (TPSA) is 63.9 Å². The summed E-state index contributed by atoms with van der Waals surface area (Å²) in [5, 5.41) is 3.02. The number of hydrogen-bond donors (Lipinski definition) is 1. The number of aryl methyl sites for hydroxylation is 2. The first-order valence-electron chi connectivity index (χ1n) is 10.7. The highest BCUT2D eigenvalue weighted by Gasteiger charge is 2.22. The Balaban J connectivity index is 1.43. The van der Waals surface area contributed by atoms with Crippen molar-refractivity contribution < 1.29 is 18.7 Å². The van der Waals surface area contributed by atoms with Crippen LogP contribution in [0.1, 0.15) is 48.3 Å². The smallest absolute Gasteiger partial charge is 0.220 e. The largest absolute Gasteiger partial charge is 0.497 e. The molecule has 1 fully saturated rings. The monoisotopic (exact) mass is 414 g/mol. The minimum Gasteiger partial charge on any atom is -0.497 e. The molecule has 0 radical (unpaired) electrons. The number of ether oxygens (including phenoxy) is 2.